The second-order valence-electron chi connectivity index (χ2n) is 9.06. The fourth-order valence-corrected chi connectivity index (χ4v) is 4.74. The van der Waals surface area contributed by atoms with Crippen LogP contribution < -0.4 is 5.32 Å². The second-order valence-corrected chi connectivity index (χ2v) is 9.06. The van der Waals surface area contributed by atoms with E-state index in [9.17, 15) is 9.59 Å². The normalized spacial score (nSPS) is 23.3. The fraction of sp³-hybridized carbons (Fsp3) is 0.591. The van der Waals surface area contributed by atoms with Crippen LogP contribution in [0.1, 0.15) is 54.2 Å². The third kappa shape index (κ3) is 3.95. The molecule has 0 aromatic carbocycles. The van der Waals surface area contributed by atoms with Gasteiger partial charge in [-0.2, -0.15) is 0 Å². The van der Waals surface area contributed by atoms with Gasteiger partial charge in [-0.05, 0) is 55.6 Å². The third-order valence-corrected chi connectivity index (χ3v) is 6.87. The number of nitrogens with one attached hydrogen (secondary N) is 1. The monoisotopic (exact) mass is 408 g/mol. The van der Waals surface area contributed by atoms with Crippen LogP contribution in [0.2, 0.25) is 0 Å². The molecule has 0 bridgehead atoms. The number of nitrogens with zero attached hydrogens (tertiary/aromatic N) is 5. The fourth-order valence-electron chi connectivity index (χ4n) is 4.74. The largest absolute Gasteiger partial charge is 0.349 e. The van der Waals surface area contributed by atoms with Gasteiger partial charge in [0, 0.05) is 44.5 Å². The smallest absolute Gasteiger partial charge is 0.289 e. The van der Waals surface area contributed by atoms with E-state index < -0.39 is 0 Å². The molecule has 1 saturated carbocycles. The number of rotatable bonds is 5. The quantitative estimate of drug-likeness (QED) is 0.811. The standard InChI is InChI=1S/C22H28N6O2/c29-19(13-17-3-1-2-10-23-17)27-11-8-22(15-27)7-6-18-25-26-20(28(18)12-9-22)21(30)24-14-16-4-5-16/h1-3,10,16H,4-9,11-15H2,(H,24,30)/t22-/m1/s1. The van der Waals surface area contributed by atoms with E-state index in [4.69, 9.17) is 0 Å². The molecule has 1 saturated heterocycles. The van der Waals surface area contributed by atoms with E-state index in [1.54, 1.807) is 6.20 Å². The van der Waals surface area contributed by atoms with Crippen LogP contribution in [-0.4, -0.2) is 56.1 Å². The molecule has 2 aromatic rings. The first kappa shape index (κ1) is 19.2. The van der Waals surface area contributed by atoms with Gasteiger partial charge in [-0.25, -0.2) is 0 Å². The van der Waals surface area contributed by atoms with Gasteiger partial charge < -0.3 is 14.8 Å². The Kier molecular flexibility index (Phi) is 5.00. The van der Waals surface area contributed by atoms with Gasteiger partial charge in [0.1, 0.15) is 5.82 Å². The molecule has 2 fully saturated rings. The molecule has 2 aromatic heterocycles. The Morgan fingerprint density at radius 2 is 2.00 bits per heavy atom. The van der Waals surface area contributed by atoms with Gasteiger partial charge in [0.15, 0.2) is 0 Å². The van der Waals surface area contributed by atoms with Crippen molar-refractivity contribution in [3.05, 3.63) is 41.7 Å². The van der Waals surface area contributed by atoms with Crippen LogP contribution in [0.25, 0.3) is 0 Å². The predicted octanol–water partition coefficient (Wildman–Crippen LogP) is 1.61. The van der Waals surface area contributed by atoms with Crippen LogP contribution in [-0.2, 0) is 24.2 Å². The zero-order valence-corrected chi connectivity index (χ0v) is 17.2. The highest BCUT2D eigenvalue weighted by Gasteiger charge is 2.41. The highest BCUT2D eigenvalue weighted by molar-refractivity contribution is 5.90. The molecule has 158 valence electrons. The number of carbonyl (C=O) groups excluding carboxylic acids is 2. The molecule has 3 aliphatic rings. The predicted molar refractivity (Wildman–Crippen MR) is 110 cm³/mol. The first-order valence-corrected chi connectivity index (χ1v) is 11.0. The Hall–Kier alpha value is -2.77. The number of carbonyl (C=O) groups is 2. The van der Waals surface area contributed by atoms with Crippen molar-refractivity contribution in [1.29, 1.82) is 0 Å². The summed E-state index contributed by atoms with van der Waals surface area (Å²) in [6.45, 7) is 3.04. The number of aryl methyl sites for hydroxylation is 1. The lowest BCUT2D eigenvalue weighted by Crippen LogP contribution is -2.34. The molecule has 8 nitrogen and oxygen atoms in total. The summed E-state index contributed by atoms with van der Waals surface area (Å²) in [5.41, 5.74) is 0.916. The molecule has 1 N–H and O–H groups in total. The van der Waals surface area contributed by atoms with Crippen molar-refractivity contribution in [3.63, 3.8) is 0 Å². The number of likely N-dealkylation sites (tertiary alicyclic amines) is 1. The molecule has 4 heterocycles. The number of aromatic nitrogens is 4. The average molecular weight is 409 g/mol. The molecule has 1 atom stereocenters. The van der Waals surface area contributed by atoms with Crippen molar-refractivity contribution < 1.29 is 9.59 Å². The first-order chi connectivity index (χ1) is 14.6. The van der Waals surface area contributed by atoms with E-state index in [2.05, 4.69) is 20.5 Å². The third-order valence-electron chi connectivity index (χ3n) is 6.87. The molecule has 2 aliphatic heterocycles. The second kappa shape index (κ2) is 7.81. The van der Waals surface area contributed by atoms with Gasteiger partial charge in [-0.15, -0.1) is 10.2 Å². The van der Waals surface area contributed by atoms with Gasteiger partial charge in [-0.1, -0.05) is 6.07 Å². The van der Waals surface area contributed by atoms with Crippen molar-refractivity contribution in [1.82, 2.24) is 30.0 Å². The summed E-state index contributed by atoms with van der Waals surface area (Å²) in [6.07, 6.45) is 8.21. The van der Waals surface area contributed by atoms with Gasteiger partial charge >= 0.3 is 0 Å². The summed E-state index contributed by atoms with van der Waals surface area (Å²) in [4.78, 5) is 31.6. The van der Waals surface area contributed by atoms with Crippen LogP contribution in [0.5, 0.6) is 0 Å². The molecule has 2 amide bonds. The van der Waals surface area contributed by atoms with Gasteiger partial charge in [-0.3, -0.25) is 14.6 Å². The maximum atomic E-state index is 12.8. The topological polar surface area (TPSA) is 93.0 Å². The molecular formula is C22H28N6O2. The van der Waals surface area contributed by atoms with Crippen LogP contribution in [0.3, 0.4) is 0 Å². The van der Waals surface area contributed by atoms with E-state index >= 15 is 0 Å². The van der Waals surface area contributed by atoms with Crippen molar-refractivity contribution in [2.75, 3.05) is 19.6 Å². The Bertz CT molecular complexity index is 938. The molecule has 0 radical (unpaired) electrons. The maximum absolute atomic E-state index is 12.8. The summed E-state index contributed by atoms with van der Waals surface area (Å²) < 4.78 is 2.00. The number of fused-ring (bicyclic) bond motifs is 1. The highest BCUT2D eigenvalue weighted by Crippen LogP contribution is 2.41. The Balaban J connectivity index is 1.22. The van der Waals surface area contributed by atoms with Crippen LogP contribution >= 0.6 is 0 Å². The Labute approximate surface area is 176 Å². The van der Waals surface area contributed by atoms with E-state index in [1.807, 2.05) is 27.7 Å². The molecule has 0 unspecified atom stereocenters. The van der Waals surface area contributed by atoms with Gasteiger partial charge in [0.25, 0.3) is 5.91 Å². The summed E-state index contributed by atoms with van der Waals surface area (Å²) in [7, 11) is 0. The van der Waals surface area contributed by atoms with Crippen molar-refractivity contribution in [3.8, 4) is 0 Å². The van der Waals surface area contributed by atoms with E-state index in [0.717, 1.165) is 63.4 Å². The Morgan fingerprint density at radius 1 is 1.13 bits per heavy atom. The zero-order chi connectivity index (χ0) is 20.6. The minimum atomic E-state index is -0.116. The molecule has 8 heteroatoms. The molecular weight excluding hydrogens is 380 g/mol. The van der Waals surface area contributed by atoms with E-state index in [-0.39, 0.29) is 17.2 Å². The summed E-state index contributed by atoms with van der Waals surface area (Å²) >= 11 is 0. The molecule has 30 heavy (non-hydrogen) atoms. The summed E-state index contributed by atoms with van der Waals surface area (Å²) in [6, 6.07) is 5.68. The van der Waals surface area contributed by atoms with E-state index in [1.165, 1.54) is 12.8 Å². The number of amides is 2. The van der Waals surface area contributed by atoms with Gasteiger partial charge in [0.05, 0.1) is 6.42 Å². The lowest BCUT2D eigenvalue weighted by molar-refractivity contribution is -0.129. The van der Waals surface area contributed by atoms with Crippen LogP contribution in [0, 0.1) is 11.3 Å². The SMILES string of the molecule is O=C(NCC1CC1)c1nnc2n1CC[C@@]1(CC2)CCN(C(=O)Cc2ccccn2)C1. The number of hydrogen-bond donors (Lipinski definition) is 1. The molecule has 1 spiro atoms. The zero-order valence-electron chi connectivity index (χ0n) is 17.2. The van der Waals surface area contributed by atoms with Gasteiger partial charge in [0.2, 0.25) is 11.7 Å². The minimum absolute atomic E-state index is 0.0994. The minimum Gasteiger partial charge on any atom is -0.349 e. The lowest BCUT2D eigenvalue weighted by atomic mass is 9.80. The maximum Gasteiger partial charge on any atom is 0.289 e. The van der Waals surface area contributed by atoms with Crippen molar-refractivity contribution >= 4 is 11.8 Å². The summed E-state index contributed by atoms with van der Waals surface area (Å²) in [5, 5.41) is 11.5. The number of pyridine rings is 1. The molecule has 5 rings (SSSR count). The average Bonchev–Trinajstić information content (AvgIpc) is 3.40. The number of hydrogen-bond acceptors (Lipinski definition) is 5. The first-order valence-electron chi connectivity index (χ1n) is 11.0. The van der Waals surface area contributed by atoms with Crippen molar-refractivity contribution in [2.24, 2.45) is 11.3 Å². The van der Waals surface area contributed by atoms with Crippen LogP contribution in [0.4, 0.5) is 0 Å². The lowest BCUT2D eigenvalue weighted by Gasteiger charge is -2.27. The Morgan fingerprint density at radius 3 is 2.80 bits per heavy atom. The van der Waals surface area contributed by atoms with Crippen LogP contribution in [0.15, 0.2) is 24.4 Å². The highest BCUT2D eigenvalue weighted by atomic mass is 16.2. The molecule has 1 aliphatic carbocycles. The van der Waals surface area contributed by atoms with E-state index in [0.29, 0.717) is 18.2 Å². The van der Waals surface area contributed by atoms with Crippen molar-refractivity contribution in [2.45, 2.75) is 51.5 Å². The summed E-state index contributed by atoms with van der Waals surface area (Å²) in [5.74, 6) is 1.99.